The number of carbonyl (C=O) groups excluding carboxylic acids is 1. The maximum Gasteiger partial charge on any atom is 0.332 e. The van der Waals surface area contributed by atoms with Gasteiger partial charge in [-0.15, -0.1) is 5.10 Å². The van der Waals surface area contributed by atoms with Crippen molar-refractivity contribution in [1.82, 2.24) is 29.4 Å². The van der Waals surface area contributed by atoms with E-state index in [2.05, 4.69) is 15.6 Å². The number of halogens is 3. The number of hydrogen-bond donors (Lipinski definition) is 1. The predicted octanol–water partition coefficient (Wildman–Crippen LogP) is 4.13. The van der Waals surface area contributed by atoms with E-state index in [1.807, 2.05) is 12.1 Å². The SMILES string of the molecule is O=C(Cn1c(=O)c2ccccc2n(Cc2cn(Cc3ccc(Cl)cc3)nn2)c1=O)NCc1ccc(Cl)cc1Cl. The number of rotatable bonds is 8. The zero-order chi connectivity index (χ0) is 27.5. The second kappa shape index (κ2) is 11.4. The van der Waals surface area contributed by atoms with Gasteiger partial charge < -0.3 is 5.32 Å². The van der Waals surface area contributed by atoms with Crippen molar-refractivity contribution in [2.24, 2.45) is 0 Å². The number of benzene rings is 3. The summed E-state index contributed by atoms with van der Waals surface area (Å²) in [6, 6.07) is 19.0. The van der Waals surface area contributed by atoms with Crippen molar-refractivity contribution in [2.75, 3.05) is 0 Å². The smallest absolute Gasteiger partial charge is 0.332 e. The molecule has 0 unspecified atom stereocenters. The summed E-state index contributed by atoms with van der Waals surface area (Å²) in [5.74, 6) is -0.518. The molecular weight excluding hydrogens is 563 g/mol. The molecule has 2 aromatic heterocycles. The van der Waals surface area contributed by atoms with Gasteiger partial charge in [-0.25, -0.2) is 9.48 Å². The Morgan fingerprint density at radius 1 is 0.872 bits per heavy atom. The van der Waals surface area contributed by atoms with Crippen molar-refractivity contribution >= 4 is 51.6 Å². The van der Waals surface area contributed by atoms with Crippen LogP contribution in [-0.2, 0) is 31.0 Å². The Kier molecular flexibility index (Phi) is 7.83. The van der Waals surface area contributed by atoms with Gasteiger partial charge in [-0.3, -0.25) is 18.7 Å². The second-order valence-electron chi connectivity index (χ2n) is 8.82. The van der Waals surface area contributed by atoms with Gasteiger partial charge in [0.15, 0.2) is 0 Å². The Morgan fingerprint density at radius 3 is 2.38 bits per heavy atom. The molecule has 0 radical (unpaired) electrons. The number of amides is 1. The molecule has 12 heteroatoms. The Morgan fingerprint density at radius 2 is 1.62 bits per heavy atom. The van der Waals surface area contributed by atoms with E-state index in [0.29, 0.717) is 43.8 Å². The molecule has 0 spiro atoms. The molecule has 1 N–H and O–H groups in total. The molecule has 1 amide bonds. The highest BCUT2D eigenvalue weighted by atomic mass is 35.5. The molecule has 3 aromatic carbocycles. The average Bonchev–Trinajstić information content (AvgIpc) is 3.36. The molecular formula is C27H21Cl3N6O3. The first-order valence-corrected chi connectivity index (χ1v) is 13.0. The molecule has 5 rings (SSSR count). The Labute approximate surface area is 237 Å². The molecule has 39 heavy (non-hydrogen) atoms. The van der Waals surface area contributed by atoms with Gasteiger partial charge in [-0.1, -0.05) is 70.3 Å². The monoisotopic (exact) mass is 582 g/mol. The van der Waals surface area contributed by atoms with Gasteiger partial charge in [0.2, 0.25) is 5.91 Å². The van der Waals surface area contributed by atoms with E-state index < -0.39 is 23.7 Å². The van der Waals surface area contributed by atoms with Crippen molar-refractivity contribution in [2.45, 2.75) is 26.2 Å². The fraction of sp³-hybridized carbons (Fsp3) is 0.148. The van der Waals surface area contributed by atoms with Crippen LogP contribution >= 0.6 is 34.8 Å². The minimum atomic E-state index is -0.634. The van der Waals surface area contributed by atoms with Crippen molar-refractivity contribution in [3.63, 3.8) is 0 Å². The standard InChI is InChI=1S/C27H21Cl3N6O3/c28-19-8-5-17(6-9-19)13-34-14-21(32-33-34)15-35-24-4-2-1-3-22(24)26(38)36(27(35)39)16-25(37)31-12-18-7-10-20(29)11-23(18)30/h1-11,14H,12-13,15-16H2,(H,31,37). The van der Waals surface area contributed by atoms with Crippen LogP contribution in [0.2, 0.25) is 15.1 Å². The molecule has 198 valence electrons. The van der Waals surface area contributed by atoms with Crippen LogP contribution < -0.4 is 16.6 Å². The number of hydrogen-bond acceptors (Lipinski definition) is 5. The fourth-order valence-corrected chi connectivity index (χ4v) is 4.75. The van der Waals surface area contributed by atoms with Gasteiger partial charge in [0.1, 0.15) is 12.2 Å². The van der Waals surface area contributed by atoms with E-state index >= 15 is 0 Å². The highest BCUT2D eigenvalue weighted by molar-refractivity contribution is 6.35. The third-order valence-electron chi connectivity index (χ3n) is 6.09. The fourth-order valence-electron chi connectivity index (χ4n) is 4.15. The van der Waals surface area contributed by atoms with E-state index in [0.717, 1.165) is 10.1 Å². The number of carbonyl (C=O) groups is 1. The molecule has 0 fully saturated rings. The molecule has 0 atom stereocenters. The minimum absolute atomic E-state index is 0.0578. The summed E-state index contributed by atoms with van der Waals surface area (Å²) in [5, 5.41) is 12.9. The maximum atomic E-state index is 13.5. The minimum Gasteiger partial charge on any atom is -0.350 e. The first kappa shape index (κ1) is 26.7. The van der Waals surface area contributed by atoms with E-state index in [4.69, 9.17) is 34.8 Å². The largest absolute Gasteiger partial charge is 0.350 e. The third-order valence-corrected chi connectivity index (χ3v) is 6.93. The topological polar surface area (TPSA) is 104 Å². The first-order chi connectivity index (χ1) is 18.8. The molecule has 9 nitrogen and oxygen atoms in total. The molecule has 0 aliphatic carbocycles. The molecule has 0 aliphatic heterocycles. The summed E-state index contributed by atoms with van der Waals surface area (Å²) in [5.41, 5.74) is 1.40. The zero-order valence-corrected chi connectivity index (χ0v) is 22.6. The lowest BCUT2D eigenvalue weighted by Crippen LogP contribution is -2.44. The van der Waals surface area contributed by atoms with Gasteiger partial charge in [0.25, 0.3) is 5.56 Å². The summed E-state index contributed by atoms with van der Waals surface area (Å²) in [6.07, 6.45) is 1.73. The summed E-state index contributed by atoms with van der Waals surface area (Å²) in [6.45, 7) is 0.179. The second-order valence-corrected chi connectivity index (χ2v) is 10.1. The molecule has 5 aromatic rings. The number of para-hydroxylation sites is 1. The van der Waals surface area contributed by atoms with Gasteiger partial charge >= 0.3 is 5.69 Å². The Bertz CT molecular complexity index is 1790. The van der Waals surface area contributed by atoms with Gasteiger partial charge in [0, 0.05) is 21.6 Å². The van der Waals surface area contributed by atoms with Crippen LogP contribution in [0.1, 0.15) is 16.8 Å². The molecule has 2 heterocycles. The highest BCUT2D eigenvalue weighted by Gasteiger charge is 2.17. The van der Waals surface area contributed by atoms with E-state index in [9.17, 15) is 14.4 Å². The lowest BCUT2D eigenvalue weighted by atomic mass is 10.2. The van der Waals surface area contributed by atoms with Crippen LogP contribution in [0.15, 0.2) is 82.5 Å². The van der Waals surface area contributed by atoms with Crippen molar-refractivity contribution in [1.29, 1.82) is 0 Å². The van der Waals surface area contributed by atoms with Crippen LogP contribution in [-0.4, -0.2) is 30.0 Å². The Hall–Kier alpha value is -3.92. The zero-order valence-electron chi connectivity index (χ0n) is 20.4. The number of nitrogens with one attached hydrogen (secondary N) is 1. The normalized spacial score (nSPS) is 11.2. The molecule has 0 aliphatic rings. The van der Waals surface area contributed by atoms with E-state index in [1.165, 1.54) is 4.57 Å². The molecule has 0 saturated carbocycles. The van der Waals surface area contributed by atoms with Crippen LogP contribution in [0.4, 0.5) is 0 Å². The first-order valence-electron chi connectivity index (χ1n) is 11.8. The van der Waals surface area contributed by atoms with Crippen LogP contribution in [0.5, 0.6) is 0 Å². The van der Waals surface area contributed by atoms with Crippen LogP contribution in [0, 0.1) is 0 Å². The number of nitrogens with zero attached hydrogens (tertiary/aromatic N) is 5. The van der Waals surface area contributed by atoms with Crippen molar-refractivity contribution in [3.05, 3.63) is 126 Å². The van der Waals surface area contributed by atoms with Gasteiger partial charge in [0.05, 0.1) is 30.2 Å². The highest BCUT2D eigenvalue weighted by Crippen LogP contribution is 2.20. The van der Waals surface area contributed by atoms with Gasteiger partial charge in [-0.05, 0) is 47.5 Å². The van der Waals surface area contributed by atoms with Gasteiger partial charge in [-0.2, -0.15) is 0 Å². The summed E-state index contributed by atoms with van der Waals surface area (Å²) >= 11 is 18.1. The lowest BCUT2D eigenvalue weighted by molar-refractivity contribution is -0.121. The summed E-state index contributed by atoms with van der Waals surface area (Å²) in [4.78, 5) is 39.4. The average molecular weight is 584 g/mol. The van der Waals surface area contributed by atoms with Crippen molar-refractivity contribution < 1.29 is 4.79 Å². The number of aromatic nitrogens is 5. The molecule has 0 bridgehead atoms. The van der Waals surface area contributed by atoms with Crippen molar-refractivity contribution in [3.8, 4) is 0 Å². The summed E-state index contributed by atoms with van der Waals surface area (Å²) < 4.78 is 3.98. The summed E-state index contributed by atoms with van der Waals surface area (Å²) in [7, 11) is 0. The number of fused-ring (bicyclic) bond motifs is 1. The predicted molar refractivity (Wildman–Crippen MR) is 150 cm³/mol. The maximum absolute atomic E-state index is 13.5. The third kappa shape index (κ3) is 6.06. The van der Waals surface area contributed by atoms with Crippen LogP contribution in [0.3, 0.4) is 0 Å². The van der Waals surface area contributed by atoms with Crippen LogP contribution in [0.25, 0.3) is 10.9 Å². The molecule has 0 saturated heterocycles. The quantitative estimate of drug-likeness (QED) is 0.296. The lowest BCUT2D eigenvalue weighted by Gasteiger charge is -2.13. The van der Waals surface area contributed by atoms with E-state index in [1.54, 1.807) is 65.5 Å². The Balaban J connectivity index is 1.40. The van der Waals surface area contributed by atoms with E-state index in [-0.39, 0.29) is 13.1 Å².